The molecule has 2 aromatic rings. The van der Waals surface area contributed by atoms with Crippen LogP contribution >= 0.6 is 15.9 Å². The molecule has 0 aliphatic heterocycles. The lowest BCUT2D eigenvalue weighted by molar-refractivity contribution is 0.414. The van der Waals surface area contributed by atoms with Gasteiger partial charge in [-0.15, -0.1) is 0 Å². The molecule has 5 heteroatoms. The molecule has 0 atom stereocenters. The molecule has 4 nitrogen and oxygen atoms in total. The molecule has 1 heterocycles. The number of nitrogens with one attached hydrogen (secondary N) is 1. The van der Waals surface area contributed by atoms with Gasteiger partial charge >= 0.3 is 0 Å². The molecule has 0 fully saturated rings. The summed E-state index contributed by atoms with van der Waals surface area (Å²) < 4.78 is 6.25. The maximum Gasteiger partial charge on any atom is 0.128 e. The summed E-state index contributed by atoms with van der Waals surface area (Å²) in [6.07, 6.45) is 1.82. The van der Waals surface area contributed by atoms with E-state index in [1.807, 2.05) is 43.4 Å². The minimum Gasteiger partial charge on any atom is -0.497 e. The van der Waals surface area contributed by atoms with Crippen molar-refractivity contribution in [2.45, 2.75) is 13.5 Å². The predicted octanol–water partition coefficient (Wildman–Crippen LogP) is 3.84. The Morgan fingerprint density at radius 1 is 1.29 bits per heavy atom. The lowest BCUT2D eigenvalue weighted by atomic mass is 10.1. The van der Waals surface area contributed by atoms with Crippen LogP contribution in [0.1, 0.15) is 11.1 Å². The Labute approximate surface area is 134 Å². The second-order valence-electron chi connectivity index (χ2n) is 5.06. The van der Waals surface area contributed by atoms with Gasteiger partial charge in [0.05, 0.1) is 17.3 Å². The van der Waals surface area contributed by atoms with Gasteiger partial charge in [0.15, 0.2) is 0 Å². The average molecular weight is 350 g/mol. The lowest BCUT2D eigenvalue weighted by Crippen LogP contribution is -2.11. The third kappa shape index (κ3) is 3.88. The van der Waals surface area contributed by atoms with E-state index in [1.54, 1.807) is 7.11 Å². The quantitative estimate of drug-likeness (QED) is 0.889. The normalized spacial score (nSPS) is 10.3. The van der Waals surface area contributed by atoms with Gasteiger partial charge in [-0.1, -0.05) is 6.07 Å². The summed E-state index contributed by atoms with van der Waals surface area (Å²) in [6, 6.07) is 8.12. The van der Waals surface area contributed by atoms with E-state index in [2.05, 4.69) is 39.2 Å². The first-order chi connectivity index (χ1) is 10.0. The molecule has 0 radical (unpaired) electrons. The molecule has 112 valence electrons. The van der Waals surface area contributed by atoms with Crippen molar-refractivity contribution in [3.8, 4) is 5.75 Å². The number of anilines is 2. The fourth-order valence-corrected chi connectivity index (χ4v) is 2.59. The van der Waals surface area contributed by atoms with Gasteiger partial charge in [-0.05, 0) is 46.1 Å². The molecule has 0 unspecified atom stereocenters. The lowest BCUT2D eigenvalue weighted by Gasteiger charge is -2.16. The molecule has 0 spiro atoms. The smallest absolute Gasteiger partial charge is 0.128 e. The predicted molar refractivity (Wildman–Crippen MR) is 91.3 cm³/mol. The first-order valence-corrected chi connectivity index (χ1v) is 7.51. The number of aryl methyl sites for hydroxylation is 1. The first-order valence-electron chi connectivity index (χ1n) is 6.71. The number of halogens is 1. The number of rotatable bonds is 5. The van der Waals surface area contributed by atoms with Crippen molar-refractivity contribution >= 4 is 27.4 Å². The van der Waals surface area contributed by atoms with Crippen molar-refractivity contribution in [3.63, 3.8) is 0 Å². The maximum atomic E-state index is 5.27. The van der Waals surface area contributed by atoms with Crippen molar-refractivity contribution in [1.29, 1.82) is 0 Å². The fourth-order valence-electron chi connectivity index (χ4n) is 2.02. The molecule has 0 saturated carbocycles. The SMILES string of the molecule is COc1ccc(C)c(CNc2cc(N(C)C)c(Br)cn2)c1. The minimum atomic E-state index is 0.713. The fraction of sp³-hybridized carbons (Fsp3) is 0.312. The molecule has 21 heavy (non-hydrogen) atoms. The molecule has 1 N–H and O–H groups in total. The van der Waals surface area contributed by atoms with Crippen LogP contribution in [0.4, 0.5) is 11.5 Å². The Hall–Kier alpha value is -1.75. The highest BCUT2D eigenvalue weighted by Gasteiger charge is 2.06. The van der Waals surface area contributed by atoms with E-state index in [0.29, 0.717) is 6.54 Å². The summed E-state index contributed by atoms with van der Waals surface area (Å²) in [4.78, 5) is 6.44. The van der Waals surface area contributed by atoms with Crippen LogP contribution in [0, 0.1) is 6.92 Å². The van der Waals surface area contributed by atoms with Crippen LogP contribution in [0.15, 0.2) is 34.9 Å². The van der Waals surface area contributed by atoms with Crippen molar-refractivity contribution in [2.24, 2.45) is 0 Å². The molecular formula is C16H20BrN3O. The monoisotopic (exact) mass is 349 g/mol. The van der Waals surface area contributed by atoms with Gasteiger partial charge in [0.2, 0.25) is 0 Å². The van der Waals surface area contributed by atoms with Crippen LogP contribution in [0.25, 0.3) is 0 Å². The van der Waals surface area contributed by atoms with Crippen molar-refractivity contribution in [2.75, 3.05) is 31.4 Å². The first kappa shape index (κ1) is 15.6. The summed E-state index contributed by atoms with van der Waals surface area (Å²) in [7, 11) is 5.70. The van der Waals surface area contributed by atoms with Crippen molar-refractivity contribution in [3.05, 3.63) is 46.1 Å². The van der Waals surface area contributed by atoms with Gasteiger partial charge in [-0.2, -0.15) is 0 Å². The standard InChI is InChI=1S/C16H20BrN3O/c1-11-5-6-13(21-4)7-12(11)9-18-16-8-15(20(2)3)14(17)10-19-16/h5-8,10H,9H2,1-4H3,(H,18,19). The third-order valence-electron chi connectivity index (χ3n) is 3.33. The van der Waals surface area contributed by atoms with Crippen LogP contribution in [0.3, 0.4) is 0 Å². The van der Waals surface area contributed by atoms with Gasteiger partial charge in [-0.25, -0.2) is 4.98 Å². The largest absolute Gasteiger partial charge is 0.497 e. The molecule has 0 amide bonds. The van der Waals surface area contributed by atoms with Gasteiger partial charge in [0.25, 0.3) is 0 Å². The van der Waals surface area contributed by atoms with Crippen LogP contribution in [-0.4, -0.2) is 26.2 Å². The van der Waals surface area contributed by atoms with Gasteiger partial charge in [0.1, 0.15) is 11.6 Å². The topological polar surface area (TPSA) is 37.4 Å². The summed E-state index contributed by atoms with van der Waals surface area (Å²) in [5.74, 6) is 1.72. The van der Waals surface area contributed by atoms with Crippen LogP contribution in [0.2, 0.25) is 0 Å². The number of aromatic nitrogens is 1. The van der Waals surface area contributed by atoms with E-state index in [4.69, 9.17) is 4.74 Å². The second-order valence-corrected chi connectivity index (χ2v) is 5.92. The molecule has 0 saturated heterocycles. The summed E-state index contributed by atoms with van der Waals surface area (Å²) in [5, 5.41) is 3.36. The third-order valence-corrected chi connectivity index (χ3v) is 3.94. The van der Waals surface area contributed by atoms with Crippen molar-refractivity contribution < 1.29 is 4.74 Å². The summed E-state index contributed by atoms with van der Waals surface area (Å²) in [6.45, 7) is 2.81. The number of ether oxygens (including phenoxy) is 1. The minimum absolute atomic E-state index is 0.713. The van der Waals surface area contributed by atoms with E-state index < -0.39 is 0 Å². The van der Waals surface area contributed by atoms with E-state index in [-0.39, 0.29) is 0 Å². The van der Waals surface area contributed by atoms with Gasteiger partial charge < -0.3 is 15.0 Å². The molecule has 0 bridgehead atoms. The second kappa shape index (κ2) is 6.80. The van der Waals surface area contributed by atoms with Gasteiger partial charge in [-0.3, -0.25) is 0 Å². The molecule has 1 aromatic carbocycles. The average Bonchev–Trinajstić information content (AvgIpc) is 2.47. The molecule has 2 rings (SSSR count). The number of hydrogen-bond acceptors (Lipinski definition) is 4. The Bertz CT molecular complexity index is 629. The van der Waals surface area contributed by atoms with Crippen LogP contribution < -0.4 is 15.0 Å². The number of methoxy groups -OCH3 is 1. The molecule has 1 aromatic heterocycles. The Kier molecular flexibility index (Phi) is 5.07. The van der Waals surface area contributed by atoms with E-state index >= 15 is 0 Å². The highest BCUT2D eigenvalue weighted by atomic mass is 79.9. The zero-order chi connectivity index (χ0) is 15.4. The van der Waals surface area contributed by atoms with Crippen LogP contribution in [0.5, 0.6) is 5.75 Å². The Balaban J connectivity index is 2.15. The summed E-state index contributed by atoms with van der Waals surface area (Å²) in [5.41, 5.74) is 3.52. The van der Waals surface area contributed by atoms with E-state index in [0.717, 1.165) is 21.7 Å². The highest BCUT2D eigenvalue weighted by molar-refractivity contribution is 9.10. The zero-order valence-corrected chi connectivity index (χ0v) is 14.4. The number of pyridine rings is 1. The molecular weight excluding hydrogens is 330 g/mol. The Morgan fingerprint density at radius 3 is 2.71 bits per heavy atom. The zero-order valence-electron chi connectivity index (χ0n) is 12.8. The Morgan fingerprint density at radius 2 is 2.05 bits per heavy atom. The van der Waals surface area contributed by atoms with E-state index in [9.17, 15) is 0 Å². The van der Waals surface area contributed by atoms with Gasteiger partial charge in [0, 0.05) is 32.9 Å². The molecule has 0 aliphatic rings. The van der Waals surface area contributed by atoms with Crippen molar-refractivity contribution in [1.82, 2.24) is 4.98 Å². The highest BCUT2D eigenvalue weighted by Crippen LogP contribution is 2.26. The van der Waals surface area contributed by atoms with E-state index in [1.165, 1.54) is 11.1 Å². The van der Waals surface area contributed by atoms with Crippen LogP contribution in [-0.2, 0) is 6.54 Å². The number of benzene rings is 1. The number of hydrogen-bond donors (Lipinski definition) is 1. The maximum absolute atomic E-state index is 5.27. The summed E-state index contributed by atoms with van der Waals surface area (Å²) >= 11 is 3.51. The number of nitrogens with zero attached hydrogens (tertiary/aromatic N) is 2. The molecule has 0 aliphatic carbocycles.